The molecular formula is C17H13ClFN3O3S. The molecule has 26 heavy (non-hydrogen) atoms. The van der Waals surface area contributed by atoms with E-state index in [0.29, 0.717) is 27.8 Å². The SMILES string of the molecule is Cc1occc1C(=O)Nc1nc(CC(=O)Nc2ccc(Cl)c(F)c2)cs1. The first-order valence-electron chi connectivity index (χ1n) is 7.47. The van der Waals surface area contributed by atoms with E-state index in [4.69, 9.17) is 16.0 Å². The quantitative estimate of drug-likeness (QED) is 0.678. The molecule has 6 nitrogen and oxygen atoms in total. The summed E-state index contributed by atoms with van der Waals surface area (Å²) in [6.07, 6.45) is 1.42. The Kier molecular flexibility index (Phi) is 5.34. The number of carbonyl (C=O) groups excluding carboxylic acids is 2. The summed E-state index contributed by atoms with van der Waals surface area (Å²) in [5.41, 5.74) is 1.21. The Balaban J connectivity index is 1.59. The number of nitrogens with zero attached hydrogens (tertiary/aromatic N) is 1. The van der Waals surface area contributed by atoms with Crippen LogP contribution in [0.4, 0.5) is 15.2 Å². The number of benzene rings is 1. The van der Waals surface area contributed by atoms with Crippen molar-refractivity contribution in [3.8, 4) is 0 Å². The predicted octanol–water partition coefficient (Wildman–Crippen LogP) is 4.27. The van der Waals surface area contributed by atoms with Crippen LogP contribution in [0.5, 0.6) is 0 Å². The highest BCUT2D eigenvalue weighted by molar-refractivity contribution is 7.14. The number of aromatic nitrogens is 1. The van der Waals surface area contributed by atoms with Crippen molar-refractivity contribution in [1.29, 1.82) is 0 Å². The number of furan rings is 1. The van der Waals surface area contributed by atoms with Gasteiger partial charge in [0.15, 0.2) is 5.13 Å². The van der Waals surface area contributed by atoms with E-state index in [2.05, 4.69) is 15.6 Å². The van der Waals surface area contributed by atoms with Gasteiger partial charge in [0, 0.05) is 11.1 Å². The number of carbonyl (C=O) groups is 2. The molecule has 9 heteroatoms. The van der Waals surface area contributed by atoms with E-state index in [1.165, 1.54) is 29.7 Å². The number of hydrogen-bond acceptors (Lipinski definition) is 5. The van der Waals surface area contributed by atoms with Crippen LogP contribution in [-0.4, -0.2) is 16.8 Å². The average Bonchev–Trinajstić information content (AvgIpc) is 3.20. The number of hydrogen-bond donors (Lipinski definition) is 2. The number of amides is 2. The first-order valence-corrected chi connectivity index (χ1v) is 8.73. The lowest BCUT2D eigenvalue weighted by Gasteiger charge is -2.04. The largest absolute Gasteiger partial charge is 0.469 e. The lowest BCUT2D eigenvalue weighted by atomic mass is 10.2. The van der Waals surface area contributed by atoms with Gasteiger partial charge in [-0.05, 0) is 31.2 Å². The Morgan fingerprint density at radius 2 is 2.12 bits per heavy atom. The van der Waals surface area contributed by atoms with Crippen molar-refractivity contribution in [3.63, 3.8) is 0 Å². The molecule has 0 aliphatic carbocycles. The second kappa shape index (κ2) is 7.67. The molecule has 2 aromatic heterocycles. The Morgan fingerprint density at radius 3 is 2.81 bits per heavy atom. The summed E-state index contributed by atoms with van der Waals surface area (Å²) in [5, 5.41) is 7.24. The molecule has 0 spiro atoms. The zero-order chi connectivity index (χ0) is 18.7. The number of nitrogens with one attached hydrogen (secondary N) is 2. The molecule has 0 fully saturated rings. The van der Waals surface area contributed by atoms with Crippen LogP contribution in [0.2, 0.25) is 5.02 Å². The molecule has 2 heterocycles. The molecule has 3 aromatic rings. The van der Waals surface area contributed by atoms with Crippen molar-refractivity contribution in [1.82, 2.24) is 4.98 Å². The predicted molar refractivity (Wildman–Crippen MR) is 97.3 cm³/mol. The fraction of sp³-hybridized carbons (Fsp3) is 0.118. The Hall–Kier alpha value is -2.71. The van der Waals surface area contributed by atoms with Crippen LogP contribution in [0.15, 0.2) is 40.3 Å². The topological polar surface area (TPSA) is 84.2 Å². The summed E-state index contributed by atoms with van der Waals surface area (Å²) in [4.78, 5) is 28.3. The van der Waals surface area contributed by atoms with Gasteiger partial charge in [-0.3, -0.25) is 14.9 Å². The molecule has 0 saturated heterocycles. The van der Waals surface area contributed by atoms with Crippen LogP contribution in [0, 0.1) is 12.7 Å². The van der Waals surface area contributed by atoms with Crippen LogP contribution >= 0.6 is 22.9 Å². The molecule has 0 aliphatic rings. The summed E-state index contributed by atoms with van der Waals surface area (Å²) >= 11 is 6.80. The maximum atomic E-state index is 13.4. The minimum atomic E-state index is -0.613. The Bertz CT molecular complexity index is 970. The third-order valence-electron chi connectivity index (χ3n) is 3.42. The van der Waals surface area contributed by atoms with E-state index in [1.54, 1.807) is 18.4 Å². The highest BCUT2D eigenvalue weighted by Crippen LogP contribution is 2.20. The minimum absolute atomic E-state index is 0.0125. The first kappa shape index (κ1) is 18.1. The van der Waals surface area contributed by atoms with E-state index < -0.39 is 5.82 Å². The van der Waals surface area contributed by atoms with Crippen LogP contribution in [0.1, 0.15) is 21.8 Å². The summed E-state index contributed by atoms with van der Waals surface area (Å²) in [6.45, 7) is 1.69. The third-order valence-corrected chi connectivity index (χ3v) is 4.53. The number of thiazole rings is 1. The smallest absolute Gasteiger partial charge is 0.260 e. The molecule has 3 rings (SSSR count). The molecule has 0 radical (unpaired) electrons. The molecule has 134 valence electrons. The molecule has 0 saturated carbocycles. The first-order chi connectivity index (χ1) is 12.4. The van der Waals surface area contributed by atoms with Gasteiger partial charge in [0.2, 0.25) is 5.91 Å². The van der Waals surface area contributed by atoms with Gasteiger partial charge < -0.3 is 9.73 Å². The number of rotatable bonds is 5. The normalized spacial score (nSPS) is 10.6. The molecule has 0 atom stereocenters. The van der Waals surface area contributed by atoms with Gasteiger partial charge in [-0.15, -0.1) is 11.3 Å². The van der Waals surface area contributed by atoms with Gasteiger partial charge in [0.25, 0.3) is 5.91 Å². The van der Waals surface area contributed by atoms with E-state index >= 15 is 0 Å². The number of aryl methyl sites for hydroxylation is 1. The van der Waals surface area contributed by atoms with E-state index in [0.717, 1.165) is 6.07 Å². The molecule has 2 amide bonds. The van der Waals surface area contributed by atoms with Crippen LogP contribution < -0.4 is 10.6 Å². The molecule has 0 bridgehead atoms. The van der Waals surface area contributed by atoms with Crippen molar-refractivity contribution in [2.24, 2.45) is 0 Å². The lowest BCUT2D eigenvalue weighted by Crippen LogP contribution is -2.15. The fourth-order valence-electron chi connectivity index (χ4n) is 2.17. The van der Waals surface area contributed by atoms with E-state index in [9.17, 15) is 14.0 Å². The maximum absolute atomic E-state index is 13.4. The van der Waals surface area contributed by atoms with Gasteiger partial charge >= 0.3 is 0 Å². The van der Waals surface area contributed by atoms with Crippen LogP contribution in [0.25, 0.3) is 0 Å². The second-order valence-electron chi connectivity index (χ2n) is 5.34. The van der Waals surface area contributed by atoms with Gasteiger partial charge in [-0.2, -0.15) is 0 Å². The van der Waals surface area contributed by atoms with Crippen LogP contribution in [0.3, 0.4) is 0 Å². The van der Waals surface area contributed by atoms with Crippen LogP contribution in [-0.2, 0) is 11.2 Å². The molecule has 0 unspecified atom stereocenters. The molecular weight excluding hydrogens is 381 g/mol. The lowest BCUT2D eigenvalue weighted by molar-refractivity contribution is -0.115. The molecule has 2 N–H and O–H groups in total. The minimum Gasteiger partial charge on any atom is -0.469 e. The highest BCUT2D eigenvalue weighted by atomic mass is 35.5. The van der Waals surface area contributed by atoms with Crippen molar-refractivity contribution < 1.29 is 18.4 Å². The Morgan fingerprint density at radius 1 is 1.31 bits per heavy atom. The second-order valence-corrected chi connectivity index (χ2v) is 6.61. The van der Waals surface area contributed by atoms with E-state index in [-0.39, 0.29) is 23.3 Å². The standard InChI is InChI=1S/C17H13ClFN3O3S/c1-9-12(4-5-25-9)16(24)22-17-21-11(8-26-17)7-15(23)20-10-2-3-13(18)14(19)6-10/h2-6,8H,7H2,1H3,(H,20,23)(H,21,22,24). The number of anilines is 2. The van der Waals surface area contributed by atoms with Gasteiger partial charge in [0.05, 0.1) is 29.0 Å². The molecule has 0 aliphatic heterocycles. The highest BCUT2D eigenvalue weighted by Gasteiger charge is 2.14. The zero-order valence-electron chi connectivity index (χ0n) is 13.5. The van der Waals surface area contributed by atoms with Gasteiger partial charge in [-0.1, -0.05) is 11.6 Å². The third kappa shape index (κ3) is 4.27. The number of halogens is 2. The summed E-state index contributed by atoms with van der Waals surface area (Å²) < 4.78 is 18.5. The summed E-state index contributed by atoms with van der Waals surface area (Å²) in [7, 11) is 0. The molecule has 1 aromatic carbocycles. The van der Waals surface area contributed by atoms with Gasteiger partial charge in [-0.25, -0.2) is 9.37 Å². The van der Waals surface area contributed by atoms with E-state index in [1.807, 2.05) is 0 Å². The summed E-state index contributed by atoms with van der Waals surface area (Å²) in [6, 6.07) is 5.57. The van der Waals surface area contributed by atoms with Crippen molar-refractivity contribution in [2.45, 2.75) is 13.3 Å². The van der Waals surface area contributed by atoms with Crippen molar-refractivity contribution in [2.75, 3.05) is 10.6 Å². The van der Waals surface area contributed by atoms with Gasteiger partial charge in [0.1, 0.15) is 11.6 Å². The maximum Gasteiger partial charge on any atom is 0.260 e. The van der Waals surface area contributed by atoms with Crippen molar-refractivity contribution in [3.05, 3.63) is 63.8 Å². The summed E-state index contributed by atoms with van der Waals surface area (Å²) in [5.74, 6) is -0.801. The van der Waals surface area contributed by atoms with Crippen molar-refractivity contribution >= 4 is 45.6 Å². The Labute approximate surface area is 157 Å². The monoisotopic (exact) mass is 393 g/mol. The zero-order valence-corrected chi connectivity index (χ0v) is 15.1. The average molecular weight is 394 g/mol. The fourth-order valence-corrected chi connectivity index (χ4v) is 3.00.